The molecule has 0 heterocycles. The van der Waals surface area contributed by atoms with E-state index < -0.39 is 0 Å². The normalized spacial score (nSPS) is 59.6. The minimum Gasteiger partial charge on any atom is -0.0885 e. The smallest absolute Gasteiger partial charge is 0.0194 e. The van der Waals surface area contributed by atoms with Crippen LogP contribution in [0.1, 0.15) is 38.5 Å². The highest BCUT2D eigenvalue weighted by Gasteiger charge is 2.63. The molecule has 0 radical (unpaired) electrons. The molecule has 0 aliphatic heterocycles. The number of hydrogen-bond acceptors (Lipinski definition) is 0. The van der Waals surface area contributed by atoms with Crippen molar-refractivity contribution < 1.29 is 0 Å². The fourth-order valence-electron chi connectivity index (χ4n) is 6.96. The second-order valence-corrected chi connectivity index (χ2v) is 7.62. The number of hydrogen-bond donors (Lipinski definition) is 0. The summed E-state index contributed by atoms with van der Waals surface area (Å²) in [5, 5.41) is 0. The molecule has 0 aromatic heterocycles. The highest BCUT2D eigenvalue weighted by Crippen LogP contribution is 2.70. The Morgan fingerprint density at radius 3 is 1.72 bits per heavy atom. The third-order valence-corrected chi connectivity index (χ3v) is 7.27. The lowest BCUT2D eigenvalue weighted by Crippen LogP contribution is -2.37. The van der Waals surface area contributed by atoms with Crippen LogP contribution in [0.5, 0.6) is 0 Å². The molecule has 0 nitrogen and oxygen atoms in total. The minimum absolute atomic E-state index is 0.997. The maximum absolute atomic E-state index is 2.59. The highest BCUT2D eigenvalue weighted by molar-refractivity contribution is 5.22. The van der Waals surface area contributed by atoms with Crippen LogP contribution in [0, 0.1) is 47.3 Å². The van der Waals surface area contributed by atoms with Crippen molar-refractivity contribution in [2.45, 2.75) is 38.5 Å². The van der Waals surface area contributed by atoms with Gasteiger partial charge in [-0.3, -0.25) is 0 Å². The molecule has 0 amide bonds. The molecule has 0 N–H and O–H groups in total. The molecule has 5 rings (SSSR count). The summed E-state index contributed by atoms with van der Waals surface area (Å²) >= 11 is 0. The van der Waals surface area contributed by atoms with Crippen LogP contribution >= 0.6 is 0 Å². The Morgan fingerprint density at radius 1 is 0.611 bits per heavy atom. The van der Waals surface area contributed by atoms with E-state index >= 15 is 0 Å². The molecular weight excluding hydrogens is 216 g/mol. The molecule has 18 heavy (non-hydrogen) atoms. The second kappa shape index (κ2) is 3.52. The van der Waals surface area contributed by atoms with Gasteiger partial charge >= 0.3 is 0 Å². The van der Waals surface area contributed by atoms with Gasteiger partial charge in [-0.25, -0.2) is 0 Å². The van der Waals surface area contributed by atoms with Gasteiger partial charge in [0, 0.05) is 0 Å². The zero-order valence-electron chi connectivity index (χ0n) is 11.2. The average Bonchev–Trinajstić information content (AvgIpc) is 3.03. The summed E-state index contributed by atoms with van der Waals surface area (Å²) in [6, 6.07) is 0. The van der Waals surface area contributed by atoms with Crippen LogP contribution in [0.2, 0.25) is 0 Å². The van der Waals surface area contributed by atoms with Gasteiger partial charge in [-0.05, 0) is 85.9 Å². The average molecular weight is 240 g/mol. The zero-order valence-corrected chi connectivity index (χ0v) is 11.2. The second-order valence-electron chi connectivity index (χ2n) is 7.62. The van der Waals surface area contributed by atoms with Gasteiger partial charge in [0.15, 0.2) is 0 Å². The lowest BCUT2D eigenvalue weighted by atomic mass is 9.62. The van der Waals surface area contributed by atoms with Crippen molar-refractivity contribution in [3.05, 3.63) is 24.3 Å². The molecule has 3 fully saturated rings. The van der Waals surface area contributed by atoms with Gasteiger partial charge in [-0.1, -0.05) is 24.3 Å². The minimum atomic E-state index is 0.997. The Bertz CT molecular complexity index is 382. The van der Waals surface area contributed by atoms with E-state index in [1.165, 1.54) is 32.1 Å². The van der Waals surface area contributed by atoms with Gasteiger partial charge in [-0.2, -0.15) is 0 Å². The van der Waals surface area contributed by atoms with Crippen LogP contribution in [0.15, 0.2) is 24.3 Å². The molecule has 4 bridgehead atoms. The van der Waals surface area contributed by atoms with Crippen molar-refractivity contribution in [1.82, 2.24) is 0 Å². The van der Waals surface area contributed by atoms with Crippen molar-refractivity contribution in [2.75, 3.05) is 0 Å². The van der Waals surface area contributed by atoms with E-state index in [1.807, 2.05) is 0 Å². The van der Waals surface area contributed by atoms with E-state index in [-0.39, 0.29) is 0 Å². The van der Waals surface area contributed by atoms with Gasteiger partial charge in [0.1, 0.15) is 0 Å². The maximum atomic E-state index is 2.59. The standard InChI is InChI=1S/C18H24/c1-2-4-6-14-13(5-3-1)15-10-16(14)18-12-8-7-11(9-12)17(15)18/h1-2,7-8,11-18H,3-6,9-10H2. The van der Waals surface area contributed by atoms with E-state index in [4.69, 9.17) is 0 Å². The molecule has 8 atom stereocenters. The number of fused-ring (bicyclic) bond motifs is 12. The van der Waals surface area contributed by atoms with Gasteiger partial charge in [0.05, 0.1) is 0 Å². The lowest BCUT2D eigenvalue weighted by Gasteiger charge is -2.42. The van der Waals surface area contributed by atoms with Crippen LogP contribution in [-0.2, 0) is 0 Å². The van der Waals surface area contributed by atoms with E-state index in [1.54, 1.807) is 6.42 Å². The first kappa shape index (κ1) is 10.3. The topological polar surface area (TPSA) is 0 Å². The van der Waals surface area contributed by atoms with Gasteiger partial charge < -0.3 is 0 Å². The fourth-order valence-corrected chi connectivity index (χ4v) is 6.96. The molecule has 0 saturated heterocycles. The summed E-state index contributed by atoms with van der Waals surface area (Å²) in [6.07, 6.45) is 19.0. The summed E-state index contributed by atoms with van der Waals surface area (Å²) in [7, 11) is 0. The molecular formula is C18H24. The first-order valence-corrected chi connectivity index (χ1v) is 8.27. The van der Waals surface area contributed by atoms with Crippen LogP contribution in [0.4, 0.5) is 0 Å². The molecule has 96 valence electrons. The third kappa shape index (κ3) is 1.13. The quantitative estimate of drug-likeness (QED) is 0.434. The molecule has 8 unspecified atom stereocenters. The van der Waals surface area contributed by atoms with Crippen molar-refractivity contribution >= 4 is 0 Å². The maximum Gasteiger partial charge on any atom is -0.0194 e. The van der Waals surface area contributed by atoms with Gasteiger partial charge in [0.25, 0.3) is 0 Å². The van der Waals surface area contributed by atoms with E-state index in [2.05, 4.69) is 24.3 Å². The Hall–Kier alpha value is -0.520. The SMILES string of the molecule is C1=CCCC2C(CC1)C1CC2C2C3C=CC(C3)C12. The number of rotatable bonds is 0. The molecule has 0 aromatic rings. The van der Waals surface area contributed by atoms with E-state index in [0.29, 0.717) is 0 Å². The largest absolute Gasteiger partial charge is 0.0885 e. The van der Waals surface area contributed by atoms with Crippen LogP contribution in [0.3, 0.4) is 0 Å². The summed E-state index contributed by atoms with van der Waals surface area (Å²) in [6.45, 7) is 0. The molecule has 5 aliphatic carbocycles. The van der Waals surface area contributed by atoms with Crippen molar-refractivity contribution in [1.29, 1.82) is 0 Å². The predicted octanol–water partition coefficient (Wildman–Crippen LogP) is 4.44. The predicted molar refractivity (Wildman–Crippen MR) is 73.9 cm³/mol. The first-order chi connectivity index (χ1) is 8.93. The van der Waals surface area contributed by atoms with Crippen LogP contribution < -0.4 is 0 Å². The summed E-state index contributed by atoms with van der Waals surface area (Å²) in [5.41, 5.74) is 0. The number of allylic oxidation sites excluding steroid dienone is 4. The van der Waals surface area contributed by atoms with E-state index in [9.17, 15) is 0 Å². The zero-order chi connectivity index (χ0) is 11.7. The fraction of sp³-hybridized carbons (Fsp3) is 0.778. The molecule has 0 heteroatoms. The molecule has 5 aliphatic rings. The van der Waals surface area contributed by atoms with Crippen molar-refractivity contribution in [3.63, 3.8) is 0 Å². The Kier molecular flexibility index (Phi) is 2.01. The highest BCUT2D eigenvalue weighted by atomic mass is 14.7. The van der Waals surface area contributed by atoms with Crippen molar-refractivity contribution in [2.24, 2.45) is 47.3 Å². The van der Waals surface area contributed by atoms with Gasteiger partial charge in [0.2, 0.25) is 0 Å². The van der Waals surface area contributed by atoms with Crippen LogP contribution in [-0.4, -0.2) is 0 Å². The van der Waals surface area contributed by atoms with Crippen LogP contribution in [0.25, 0.3) is 0 Å². The lowest BCUT2D eigenvalue weighted by molar-refractivity contribution is 0.0772. The summed E-state index contributed by atoms with van der Waals surface area (Å²) < 4.78 is 0. The molecule has 0 spiro atoms. The Labute approximate surface area is 111 Å². The van der Waals surface area contributed by atoms with Crippen molar-refractivity contribution in [3.8, 4) is 0 Å². The van der Waals surface area contributed by atoms with E-state index in [0.717, 1.165) is 47.3 Å². The summed E-state index contributed by atoms with van der Waals surface area (Å²) in [4.78, 5) is 0. The molecule has 3 saturated carbocycles. The van der Waals surface area contributed by atoms with Gasteiger partial charge in [-0.15, -0.1) is 0 Å². The molecule has 0 aromatic carbocycles. The third-order valence-electron chi connectivity index (χ3n) is 7.27. The monoisotopic (exact) mass is 240 g/mol. The Balaban J connectivity index is 1.51. The Morgan fingerprint density at radius 2 is 1.17 bits per heavy atom. The first-order valence-electron chi connectivity index (χ1n) is 8.27. The summed E-state index contributed by atoms with van der Waals surface area (Å²) in [5.74, 6) is 8.69.